The monoisotopic (exact) mass is 579 g/mol. The molecule has 1 saturated heterocycles. The van der Waals surface area contributed by atoms with Gasteiger partial charge in [-0.15, -0.1) is 0 Å². The number of ether oxygens (including phenoxy) is 1. The van der Waals surface area contributed by atoms with Gasteiger partial charge < -0.3 is 20.5 Å². The molecule has 1 fully saturated rings. The van der Waals surface area contributed by atoms with Crippen molar-refractivity contribution in [2.75, 3.05) is 45.1 Å². The first-order valence-corrected chi connectivity index (χ1v) is 14.8. The number of nitrogen functional groups attached to an aromatic ring is 1. The molecule has 8 heteroatoms. The zero-order chi connectivity index (χ0) is 30.2. The second-order valence-corrected chi connectivity index (χ2v) is 11.4. The van der Waals surface area contributed by atoms with Crippen LogP contribution < -0.4 is 10.5 Å². The van der Waals surface area contributed by atoms with E-state index in [4.69, 9.17) is 10.5 Å². The maximum Gasteiger partial charge on any atom is 0.222 e. The van der Waals surface area contributed by atoms with Crippen molar-refractivity contribution >= 4 is 11.6 Å². The minimum Gasteiger partial charge on any atom is -0.491 e. The number of carbonyl (C=O) groups excluding carboxylic acids is 1. The van der Waals surface area contributed by atoms with Crippen molar-refractivity contribution in [3.05, 3.63) is 94.0 Å². The Kier molecular flexibility index (Phi) is 10.9. The van der Waals surface area contributed by atoms with E-state index in [1.807, 2.05) is 31.7 Å². The summed E-state index contributed by atoms with van der Waals surface area (Å²) < 4.78 is 32.9. The fourth-order valence-electron chi connectivity index (χ4n) is 5.63. The van der Waals surface area contributed by atoms with Gasteiger partial charge in [-0.05, 0) is 91.8 Å². The largest absolute Gasteiger partial charge is 0.491 e. The molecule has 42 heavy (non-hydrogen) atoms. The van der Waals surface area contributed by atoms with Crippen molar-refractivity contribution in [1.29, 1.82) is 0 Å². The lowest BCUT2D eigenvalue weighted by molar-refractivity contribution is -0.133. The number of amides is 1. The normalized spacial score (nSPS) is 14.8. The lowest BCUT2D eigenvalue weighted by Crippen LogP contribution is -2.50. The topological polar surface area (TPSA) is 79.0 Å². The van der Waals surface area contributed by atoms with Crippen molar-refractivity contribution in [3.63, 3.8) is 0 Å². The molecule has 0 spiro atoms. The van der Waals surface area contributed by atoms with E-state index < -0.39 is 6.10 Å². The van der Waals surface area contributed by atoms with Crippen LogP contribution in [0.25, 0.3) is 0 Å². The summed E-state index contributed by atoms with van der Waals surface area (Å²) in [6, 6.07) is 14.8. The van der Waals surface area contributed by atoms with Crippen LogP contribution >= 0.6 is 0 Å². The van der Waals surface area contributed by atoms with Crippen molar-refractivity contribution < 1.29 is 23.4 Å². The number of piperazine rings is 1. The van der Waals surface area contributed by atoms with Gasteiger partial charge in [0.1, 0.15) is 30.1 Å². The highest BCUT2D eigenvalue weighted by Crippen LogP contribution is 2.31. The standard InChI is InChI=1S/C34H43F2N3O3/c1-23-20-32(24(2)25(3)34(23)37)42-22-30(40)21-38-16-18-39(19-17-38)33(41)7-5-4-6-31(26-8-12-28(35)13-9-26)27-10-14-29(36)15-11-27/h8-15,20,30-31,40H,4-7,16-19,21-22,37H2,1-3H3. The van der Waals surface area contributed by atoms with E-state index in [-0.39, 0.29) is 30.1 Å². The molecule has 0 aromatic heterocycles. The third-order valence-electron chi connectivity index (χ3n) is 8.41. The van der Waals surface area contributed by atoms with Crippen molar-refractivity contribution in [2.24, 2.45) is 0 Å². The van der Waals surface area contributed by atoms with Gasteiger partial charge in [0, 0.05) is 50.7 Å². The van der Waals surface area contributed by atoms with E-state index in [2.05, 4.69) is 4.90 Å². The highest BCUT2D eigenvalue weighted by molar-refractivity contribution is 5.76. The summed E-state index contributed by atoms with van der Waals surface area (Å²) in [6.07, 6.45) is 2.18. The number of nitrogens with zero attached hydrogens (tertiary/aromatic N) is 2. The minimum absolute atomic E-state index is 0.0113. The summed E-state index contributed by atoms with van der Waals surface area (Å²) in [5.74, 6) is 0.322. The molecule has 226 valence electrons. The number of benzene rings is 3. The van der Waals surface area contributed by atoms with Crippen LogP contribution in [0.4, 0.5) is 14.5 Å². The Bertz CT molecular complexity index is 1280. The number of hydrogen-bond donors (Lipinski definition) is 2. The number of carbonyl (C=O) groups is 1. The Morgan fingerprint density at radius 2 is 1.48 bits per heavy atom. The number of hydrogen-bond acceptors (Lipinski definition) is 5. The predicted octanol–water partition coefficient (Wildman–Crippen LogP) is 5.75. The molecule has 4 rings (SSSR count). The smallest absolute Gasteiger partial charge is 0.222 e. The third-order valence-corrected chi connectivity index (χ3v) is 8.41. The molecule has 1 aliphatic heterocycles. The molecular formula is C34H43F2N3O3. The number of anilines is 1. The summed E-state index contributed by atoms with van der Waals surface area (Å²) in [6.45, 7) is 9.26. The number of rotatable bonds is 12. The van der Waals surface area contributed by atoms with E-state index >= 15 is 0 Å². The Balaban J connectivity index is 1.19. The number of aryl methyl sites for hydroxylation is 1. The Morgan fingerprint density at radius 3 is 2.05 bits per heavy atom. The average molecular weight is 580 g/mol. The van der Waals surface area contributed by atoms with Crippen LogP contribution in [-0.2, 0) is 4.79 Å². The SMILES string of the molecule is Cc1cc(OCC(O)CN2CCN(C(=O)CCCCC(c3ccc(F)cc3)c3ccc(F)cc3)CC2)c(C)c(C)c1N. The summed E-state index contributed by atoms with van der Waals surface area (Å²) in [5.41, 5.74) is 11.8. The Morgan fingerprint density at radius 1 is 0.905 bits per heavy atom. The van der Waals surface area contributed by atoms with Crippen LogP contribution in [0.3, 0.4) is 0 Å². The van der Waals surface area contributed by atoms with Gasteiger partial charge >= 0.3 is 0 Å². The summed E-state index contributed by atoms with van der Waals surface area (Å²) in [4.78, 5) is 17.0. The van der Waals surface area contributed by atoms with Crippen LogP contribution in [-0.4, -0.2) is 66.2 Å². The van der Waals surface area contributed by atoms with E-state index in [1.165, 1.54) is 24.3 Å². The van der Waals surface area contributed by atoms with Gasteiger partial charge in [0.25, 0.3) is 0 Å². The first-order valence-electron chi connectivity index (χ1n) is 14.8. The molecule has 1 unspecified atom stereocenters. The van der Waals surface area contributed by atoms with Gasteiger partial charge in [0.15, 0.2) is 0 Å². The summed E-state index contributed by atoms with van der Waals surface area (Å²) in [7, 11) is 0. The van der Waals surface area contributed by atoms with Crippen LogP contribution in [0.2, 0.25) is 0 Å². The molecule has 1 amide bonds. The van der Waals surface area contributed by atoms with Crippen molar-refractivity contribution in [3.8, 4) is 5.75 Å². The molecular weight excluding hydrogens is 536 g/mol. The van der Waals surface area contributed by atoms with Gasteiger partial charge in [-0.2, -0.15) is 0 Å². The van der Waals surface area contributed by atoms with Gasteiger partial charge in [-0.25, -0.2) is 8.78 Å². The molecule has 0 bridgehead atoms. The van der Waals surface area contributed by atoms with Crippen molar-refractivity contribution in [2.45, 2.75) is 58.5 Å². The second kappa shape index (κ2) is 14.6. The maximum atomic E-state index is 13.5. The van der Waals surface area contributed by atoms with Crippen LogP contribution in [0.15, 0.2) is 54.6 Å². The van der Waals surface area contributed by atoms with Crippen LogP contribution in [0.5, 0.6) is 5.75 Å². The Labute approximate surface area is 248 Å². The van der Waals surface area contributed by atoms with E-state index in [9.17, 15) is 18.7 Å². The van der Waals surface area contributed by atoms with Gasteiger partial charge in [0.2, 0.25) is 5.91 Å². The lowest BCUT2D eigenvalue weighted by Gasteiger charge is -2.35. The van der Waals surface area contributed by atoms with Gasteiger partial charge in [-0.1, -0.05) is 30.7 Å². The molecule has 0 saturated carbocycles. The molecule has 0 aliphatic carbocycles. The van der Waals surface area contributed by atoms with Crippen LogP contribution in [0, 0.1) is 32.4 Å². The van der Waals surface area contributed by atoms with Gasteiger partial charge in [0.05, 0.1) is 0 Å². The molecule has 0 radical (unpaired) electrons. The highest BCUT2D eigenvalue weighted by Gasteiger charge is 2.23. The van der Waals surface area contributed by atoms with E-state index in [0.29, 0.717) is 39.1 Å². The first kappa shape index (κ1) is 31.4. The fraction of sp³-hybridized carbons (Fsp3) is 0.441. The zero-order valence-electron chi connectivity index (χ0n) is 24.9. The third kappa shape index (κ3) is 8.29. The minimum atomic E-state index is -0.639. The number of nitrogens with two attached hydrogens (primary N) is 1. The molecule has 3 aromatic carbocycles. The van der Waals surface area contributed by atoms with E-state index in [1.54, 1.807) is 24.3 Å². The number of β-amino-alcohol motifs (C(OH)–C–C–N with tert-alkyl or cyclic N) is 1. The first-order chi connectivity index (χ1) is 20.1. The maximum absolute atomic E-state index is 13.5. The van der Waals surface area contributed by atoms with E-state index in [0.717, 1.165) is 58.5 Å². The zero-order valence-corrected chi connectivity index (χ0v) is 24.9. The second-order valence-electron chi connectivity index (χ2n) is 11.4. The lowest BCUT2D eigenvalue weighted by atomic mass is 9.87. The average Bonchev–Trinajstić information content (AvgIpc) is 2.99. The number of aliphatic hydroxyl groups is 1. The Hall–Kier alpha value is -3.49. The summed E-state index contributed by atoms with van der Waals surface area (Å²) >= 11 is 0. The quantitative estimate of drug-likeness (QED) is 0.211. The summed E-state index contributed by atoms with van der Waals surface area (Å²) in [5, 5.41) is 10.6. The molecule has 3 aromatic rings. The molecule has 6 nitrogen and oxygen atoms in total. The molecule has 1 heterocycles. The number of aliphatic hydroxyl groups excluding tert-OH is 1. The van der Waals surface area contributed by atoms with Crippen molar-refractivity contribution in [1.82, 2.24) is 9.80 Å². The number of halogens is 2. The van der Waals surface area contributed by atoms with Gasteiger partial charge in [-0.3, -0.25) is 9.69 Å². The number of unbranched alkanes of at least 4 members (excludes halogenated alkanes) is 1. The molecule has 3 N–H and O–H groups in total. The molecule has 1 aliphatic rings. The fourth-order valence-corrected chi connectivity index (χ4v) is 5.63. The highest BCUT2D eigenvalue weighted by atomic mass is 19.1. The van der Waals surface area contributed by atoms with Crippen LogP contribution in [0.1, 0.15) is 59.4 Å². The predicted molar refractivity (Wildman–Crippen MR) is 163 cm³/mol. The molecule has 1 atom stereocenters.